The van der Waals surface area contributed by atoms with E-state index in [1.54, 1.807) is 48.5 Å². The van der Waals surface area contributed by atoms with Crippen LogP contribution in [0, 0.1) is 0 Å². The molecule has 4 nitrogen and oxygen atoms in total. The monoisotopic (exact) mass is 450 g/mol. The number of carbonyl (C=O) groups is 1. The van der Waals surface area contributed by atoms with Gasteiger partial charge in [0.1, 0.15) is 12.4 Å². The zero-order valence-electron chi connectivity index (χ0n) is 17.5. The zero-order valence-corrected chi connectivity index (χ0v) is 17.5. The summed E-state index contributed by atoms with van der Waals surface area (Å²) < 4.78 is 46.3. The number of ether oxygens (including phenoxy) is 1. The molecule has 1 N–H and O–H groups in total. The highest BCUT2D eigenvalue weighted by atomic mass is 19.4. The number of rotatable bonds is 7. The Morgan fingerprint density at radius 1 is 0.848 bits per heavy atom. The zero-order chi connectivity index (χ0) is 23.3. The fraction of sp³-hybridized carbons (Fsp3) is 0.115. The highest BCUT2D eigenvalue weighted by molar-refractivity contribution is 6.08. The van der Waals surface area contributed by atoms with Crippen molar-refractivity contribution in [2.24, 2.45) is 0 Å². The molecule has 1 aromatic heterocycles. The van der Waals surface area contributed by atoms with E-state index in [1.165, 1.54) is 12.1 Å². The van der Waals surface area contributed by atoms with Gasteiger partial charge in [-0.15, -0.1) is 0 Å². The number of benzene rings is 3. The highest BCUT2D eigenvalue weighted by Gasteiger charge is 2.30. The van der Waals surface area contributed by atoms with Crippen LogP contribution < -0.4 is 10.1 Å². The molecule has 0 saturated carbocycles. The number of hydrogen-bond donors (Lipinski definition) is 1. The van der Waals surface area contributed by atoms with Crippen LogP contribution in [0.5, 0.6) is 5.75 Å². The first kappa shape index (κ1) is 22.2. The second-order valence-electron chi connectivity index (χ2n) is 7.37. The van der Waals surface area contributed by atoms with Crippen molar-refractivity contribution in [1.82, 2.24) is 4.57 Å². The van der Waals surface area contributed by atoms with Crippen molar-refractivity contribution >= 4 is 11.6 Å². The van der Waals surface area contributed by atoms with E-state index in [4.69, 9.17) is 4.74 Å². The van der Waals surface area contributed by atoms with Crippen LogP contribution in [0.2, 0.25) is 0 Å². The normalized spacial score (nSPS) is 11.2. The Morgan fingerprint density at radius 2 is 1.52 bits per heavy atom. The number of alkyl halides is 3. The minimum absolute atomic E-state index is 0.355. The van der Waals surface area contributed by atoms with Crippen molar-refractivity contribution in [3.8, 4) is 16.9 Å². The van der Waals surface area contributed by atoms with Gasteiger partial charge in [-0.1, -0.05) is 30.3 Å². The third-order valence-electron chi connectivity index (χ3n) is 5.09. The predicted octanol–water partition coefficient (Wildman–Crippen LogP) is 6.51. The minimum atomic E-state index is -4.41. The van der Waals surface area contributed by atoms with E-state index >= 15 is 0 Å². The number of aromatic nitrogens is 1. The topological polar surface area (TPSA) is 43.3 Å². The molecular formula is C26H21F3N2O2. The first-order valence-electron chi connectivity index (χ1n) is 10.3. The summed E-state index contributed by atoms with van der Waals surface area (Å²) in [6.45, 7) is 1.24. The minimum Gasteiger partial charge on any atom is -0.492 e. The van der Waals surface area contributed by atoms with Crippen LogP contribution in [0.3, 0.4) is 0 Å². The van der Waals surface area contributed by atoms with Crippen molar-refractivity contribution in [2.45, 2.75) is 12.7 Å². The van der Waals surface area contributed by atoms with Crippen molar-refractivity contribution < 1.29 is 22.7 Å². The maximum atomic E-state index is 12.9. The van der Waals surface area contributed by atoms with Crippen molar-refractivity contribution in [3.63, 3.8) is 0 Å². The summed E-state index contributed by atoms with van der Waals surface area (Å²) in [6, 6.07) is 22.5. The van der Waals surface area contributed by atoms with Gasteiger partial charge in [-0.25, -0.2) is 0 Å². The molecular weight excluding hydrogens is 429 g/mol. The molecule has 0 bridgehead atoms. The van der Waals surface area contributed by atoms with Gasteiger partial charge in [0, 0.05) is 23.6 Å². The standard InChI is InChI=1S/C26H21F3N2O2/c27-26(28,29)20-9-7-19(8-10-20)23-5-1-2-6-24(23)25(32)30-21-11-13-22(14-12-21)33-18-17-31-15-3-4-16-31/h1-16H,17-18H2,(H,30,32). The SMILES string of the molecule is O=C(Nc1ccc(OCCn2cccc2)cc1)c1ccccc1-c1ccc(C(F)(F)F)cc1. The third-order valence-corrected chi connectivity index (χ3v) is 5.09. The van der Waals surface area contributed by atoms with E-state index < -0.39 is 11.7 Å². The van der Waals surface area contributed by atoms with Crippen LogP contribution in [0.25, 0.3) is 11.1 Å². The number of halogens is 3. The molecule has 7 heteroatoms. The van der Waals surface area contributed by atoms with Crippen molar-refractivity contribution in [1.29, 1.82) is 0 Å². The van der Waals surface area contributed by atoms with Gasteiger partial charge >= 0.3 is 6.18 Å². The lowest BCUT2D eigenvalue weighted by atomic mass is 9.98. The Labute approximate surface area is 189 Å². The Morgan fingerprint density at radius 3 is 2.18 bits per heavy atom. The van der Waals surface area contributed by atoms with Gasteiger partial charge in [-0.3, -0.25) is 4.79 Å². The van der Waals surface area contributed by atoms with Crippen LogP contribution in [0.1, 0.15) is 15.9 Å². The summed E-state index contributed by atoms with van der Waals surface area (Å²) in [4.78, 5) is 12.9. The van der Waals surface area contributed by atoms with E-state index in [0.29, 0.717) is 34.7 Å². The predicted molar refractivity (Wildman–Crippen MR) is 121 cm³/mol. The summed E-state index contributed by atoms with van der Waals surface area (Å²) in [6.07, 6.45) is -0.484. The lowest BCUT2D eigenvalue weighted by Gasteiger charge is -2.12. The molecule has 0 fully saturated rings. The number of amides is 1. The number of nitrogens with one attached hydrogen (secondary N) is 1. The Kier molecular flexibility index (Phi) is 6.49. The van der Waals surface area contributed by atoms with E-state index in [0.717, 1.165) is 18.7 Å². The fourth-order valence-electron chi connectivity index (χ4n) is 3.39. The molecule has 0 aliphatic rings. The summed E-state index contributed by atoms with van der Waals surface area (Å²) in [7, 11) is 0. The number of nitrogens with zero attached hydrogens (tertiary/aromatic N) is 1. The second kappa shape index (κ2) is 9.65. The second-order valence-corrected chi connectivity index (χ2v) is 7.37. The van der Waals surface area contributed by atoms with Gasteiger partial charge in [0.05, 0.1) is 12.1 Å². The molecule has 0 aliphatic carbocycles. The first-order valence-corrected chi connectivity index (χ1v) is 10.3. The molecule has 33 heavy (non-hydrogen) atoms. The Bertz CT molecular complexity index is 1200. The van der Waals surface area contributed by atoms with Gasteiger partial charge in [-0.2, -0.15) is 13.2 Å². The fourth-order valence-corrected chi connectivity index (χ4v) is 3.39. The molecule has 168 valence electrons. The van der Waals surface area contributed by atoms with Gasteiger partial charge in [0.2, 0.25) is 0 Å². The first-order chi connectivity index (χ1) is 15.9. The summed E-state index contributed by atoms with van der Waals surface area (Å²) in [5.74, 6) is 0.331. The summed E-state index contributed by atoms with van der Waals surface area (Å²) >= 11 is 0. The van der Waals surface area contributed by atoms with Crippen LogP contribution in [-0.2, 0) is 12.7 Å². The van der Waals surface area contributed by atoms with Crippen LogP contribution >= 0.6 is 0 Å². The van der Waals surface area contributed by atoms with Crippen LogP contribution in [-0.4, -0.2) is 17.1 Å². The van der Waals surface area contributed by atoms with Crippen LogP contribution in [0.15, 0.2) is 97.3 Å². The number of anilines is 1. The molecule has 4 aromatic rings. The maximum Gasteiger partial charge on any atom is 0.416 e. The van der Waals surface area contributed by atoms with Crippen molar-refractivity contribution in [2.75, 3.05) is 11.9 Å². The van der Waals surface area contributed by atoms with Gasteiger partial charge in [-0.05, 0) is 65.7 Å². The molecule has 0 atom stereocenters. The molecule has 0 radical (unpaired) electrons. The molecule has 1 amide bonds. The average Bonchev–Trinajstić information content (AvgIpc) is 3.33. The molecule has 3 aromatic carbocycles. The largest absolute Gasteiger partial charge is 0.492 e. The molecule has 0 saturated heterocycles. The summed E-state index contributed by atoms with van der Waals surface area (Å²) in [5, 5.41) is 2.83. The van der Waals surface area contributed by atoms with Crippen molar-refractivity contribution in [3.05, 3.63) is 108 Å². The average molecular weight is 450 g/mol. The molecule has 0 aliphatic heterocycles. The van der Waals surface area contributed by atoms with Crippen LogP contribution in [0.4, 0.5) is 18.9 Å². The van der Waals surface area contributed by atoms with E-state index in [-0.39, 0.29) is 5.91 Å². The van der Waals surface area contributed by atoms with Gasteiger partial charge in [0.25, 0.3) is 5.91 Å². The molecule has 1 heterocycles. The molecule has 4 rings (SSSR count). The smallest absolute Gasteiger partial charge is 0.416 e. The van der Waals surface area contributed by atoms with E-state index in [9.17, 15) is 18.0 Å². The van der Waals surface area contributed by atoms with E-state index in [1.807, 2.05) is 29.1 Å². The van der Waals surface area contributed by atoms with Gasteiger partial charge < -0.3 is 14.6 Å². The molecule has 0 spiro atoms. The molecule has 0 unspecified atom stereocenters. The Hall–Kier alpha value is -4.00. The quantitative estimate of drug-likeness (QED) is 0.349. The third kappa shape index (κ3) is 5.63. The number of hydrogen-bond acceptors (Lipinski definition) is 2. The Balaban J connectivity index is 1.42. The lowest BCUT2D eigenvalue weighted by Crippen LogP contribution is -2.13. The number of carbonyl (C=O) groups excluding carboxylic acids is 1. The van der Waals surface area contributed by atoms with E-state index in [2.05, 4.69) is 5.32 Å². The maximum absolute atomic E-state index is 12.9. The highest BCUT2D eigenvalue weighted by Crippen LogP contribution is 2.32. The summed E-state index contributed by atoms with van der Waals surface area (Å²) in [5.41, 5.74) is 1.29. The van der Waals surface area contributed by atoms with Gasteiger partial charge in [0.15, 0.2) is 0 Å². The lowest BCUT2D eigenvalue weighted by molar-refractivity contribution is -0.137.